The number of fused-ring (bicyclic) bond motifs is 1. The van der Waals surface area contributed by atoms with Crippen LogP contribution in [0.1, 0.15) is 56.9 Å². The van der Waals surface area contributed by atoms with Gasteiger partial charge in [0.2, 0.25) is 0 Å². The molecule has 0 unspecified atom stereocenters. The maximum Gasteiger partial charge on any atom is 0.331 e. The highest BCUT2D eigenvalue weighted by atomic mass is 16.5. The first-order valence-corrected chi connectivity index (χ1v) is 9.68. The normalized spacial score (nSPS) is 15.8. The molecule has 0 heterocycles. The fourth-order valence-corrected chi connectivity index (χ4v) is 3.26. The highest BCUT2D eigenvalue weighted by Crippen LogP contribution is 2.42. The Hall–Kier alpha value is -3.55. The summed E-state index contributed by atoms with van der Waals surface area (Å²) in [5.41, 5.74) is 3.57. The first-order chi connectivity index (χ1) is 14.8. The lowest BCUT2D eigenvalue weighted by Crippen LogP contribution is -2.19. The number of methoxy groups -OCH3 is 2. The van der Waals surface area contributed by atoms with Crippen molar-refractivity contribution in [2.24, 2.45) is 10.3 Å². The van der Waals surface area contributed by atoms with E-state index in [4.69, 9.17) is 14.2 Å². The summed E-state index contributed by atoms with van der Waals surface area (Å²) in [4.78, 5) is 12.4. The fraction of sp³-hybridized carbons (Fsp3) is 0.348. The first kappa shape index (κ1) is 23.7. The molecule has 1 aliphatic carbocycles. The second-order valence-corrected chi connectivity index (χ2v) is 7.42. The molecule has 8 nitrogen and oxygen atoms in total. The van der Waals surface area contributed by atoms with Crippen LogP contribution in [-0.2, 0) is 9.53 Å². The molecule has 8 heteroatoms. The third kappa shape index (κ3) is 5.33. The lowest BCUT2D eigenvalue weighted by molar-refractivity contribution is -0.143. The number of hydrogen-bond acceptors (Lipinski definition) is 8. The third-order valence-corrected chi connectivity index (χ3v) is 4.58. The van der Waals surface area contributed by atoms with Crippen molar-refractivity contribution in [3.63, 3.8) is 0 Å². The summed E-state index contributed by atoms with van der Waals surface area (Å²) in [6.07, 6.45) is 6.04. The fourth-order valence-electron chi connectivity index (χ4n) is 3.26. The Bertz CT molecular complexity index is 994. The average molecular weight is 428 g/mol. The van der Waals surface area contributed by atoms with Crippen LogP contribution in [-0.4, -0.2) is 42.0 Å². The molecule has 1 aromatic rings. The third-order valence-electron chi connectivity index (χ3n) is 4.58. The number of ether oxygens (including phenoxy) is 3. The Kier molecular flexibility index (Phi) is 8.01. The summed E-state index contributed by atoms with van der Waals surface area (Å²) in [5.74, 6) is 0.190. The van der Waals surface area contributed by atoms with E-state index in [1.54, 1.807) is 19.9 Å². The maximum atomic E-state index is 12.4. The van der Waals surface area contributed by atoms with E-state index in [1.807, 2.05) is 19.9 Å². The summed E-state index contributed by atoms with van der Waals surface area (Å²) in [6, 6.07) is 1.68. The zero-order valence-corrected chi connectivity index (χ0v) is 18.6. The number of hydrogen-bond donors (Lipinski definition) is 2. The van der Waals surface area contributed by atoms with Crippen LogP contribution >= 0.6 is 0 Å². The van der Waals surface area contributed by atoms with Crippen molar-refractivity contribution in [2.45, 2.75) is 40.2 Å². The van der Waals surface area contributed by atoms with Crippen molar-refractivity contribution < 1.29 is 29.4 Å². The van der Waals surface area contributed by atoms with Crippen LogP contribution in [0.25, 0.3) is 0 Å². The van der Waals surface area contributed by atoms with E-state index in [9.17, 15) is 15.2 Å². The second-order valence-electron chi connectivity index (χ2n) is 7.42. The van der Waals surface area contributed by atoms with Gasteiger partial charge in [0, 0.05) is 18.1 Å². The SMILES string of the molecule is COc1cc([C@H](CC=C(C)C)OC(=O)C=C(C)C)c(OC)c2c1/C(=N/O)C=C/C2=N\O. The van der Waals surface area contributed by atoms with Gasteiger partial charge in [-0.15, -0.1) is 0 Å². The van der Waals surface area contributed by atoms with Crippen molar-refractivity contribution in [3.05, 3.63) is 58.2 Å². The second kappa shape index (κ2) is 10.5. The predicted octanol–water partition coefficient (Wildman–Crippen LogP) is 4.54. The number of esters is 1. The van der Waals surface area contributed by atoms with Crippen LogP contribution in [0.15, 0.2) is 51.8 Å². The minimum absolute atomic E-state index is 0.191. The van der Waals surface area contributed by atoms with E-state index in [1.165, 1.54) is 32.4 Å². The molecule has 0 saturated carbocycles. The van der Waals surface area contributed by atoms with Gasteiger partial charge in [-0.3, -0.25) is 0 Å². The van der Waals surface area contributed by atoms with Crippen LogP contribution in [0.2, 0.25) is 0 Å². The summed E-state index contributed by atoms with van der Waals surface area (Å²) >= 11 is 0. The average Bonchev–Trinajstić information content (AvgIpc) is 2.73. The number of carbonyl (C=O) groups excluding carboxylic acids is 1. The molecule has 0 amide bonds. The van der Waals surface area contributed by atoms with E-state index in [0.29, 0.717) is 34.6 Å². The molecule has 0 fully saturated rings. The number of oxime groups is 2. The Morgan fingerprint density at radius 2 is 1.61 bits per heavy atom. The van der Waals surface area contributed by atoms with Crippen LogP contribution in [0.4, 0.5) is 0 Å². The lowest BCUT2D eigenvalue weighted by Gasteiger charge is -2.25. The van der Waals surface area contributed by atoms with E-state index in [2.05, 4.69) is 10.3 Å². The van der Waals surface area contributed by atoms with Crippen molar-refractivity contribution in [1.29, 1.82) is 0 Å². The first-order valence-electron chi connectivity index (χ1n) is 9.68. The van der Waals surface area contributed by atoms with Crippen LogP contribution < -0.4 is 9.47 Å². The highest BCUT2D eigenvalue weighted by Gasteiger charge is 2.31. The van der Waals surface area contributed by atoms with Crippen molar-refractivity contribution in [3.8, 4) is 11.5 Å². The van der Waals surface area contributed by atoms with Crippen molar-refractivity contribution >= 4 is 17.4 Å². The molecule has 0 aromatic heterocycles. The van der Waals surface area contributed by atoms with Crippen molar-refractivity contribution in [1.82, 2.24) is 0 Å². The molecule has 1 atom stereocenters. The van der Waals surface area contributed by atoms with Crippen LogP contribution in [0.5, 0.6) is 11.5 Å². The highest BCUT2D eigenvalue weighted by molar-refractivity contribution is 6.27. The number of allylic oxidation sites excluding steroid dienone is 4. The molecule has 1 aromatic carbocycles. The largest absolute Gasteiger partial charge is 0.496 e. The van der Waals surface area contributed by atoms with E-state index in [-0.39, 0.29) is 11.4 Å². The van der Waals surface area contributed by atoms with Crippen LogP contribution in [0, 0.1) is 0 Å². The molecule has 0 saturated heterocycles. The topological polar surface area (TPSA) is 110 Å². The van der Waals surface area contributed by atoms with Gasteiger partial charge in [0.15, 0.2) is 0 Å². The van der Waals surface area contributed by atoms with Gasteiger partial charge in [-0.05, 0) is 45.9 Å². The minimum Gasteiger partial charge on any atom is -0.496 e. The molecule has 0 spiro atoms. The quantitative estimate of drug-likeness (QED) is 0.217. The zero-order valence-electron chi connectivity index (χ0n) is 18.6. The van der Waals surface area contributed by atoms with Gasteiger partial charge in [0.25, 0.3) is 0 Å². The van der Waals surface area contributed by atoms with Gasteiger partial charge in [0.1, 0.15) is 29.0 Å². The Morgan fingerprint density at radius 3 is 2.10 bits per heavy atom. The molecule has 2 N–H and O–H groups in total. The standard InChI is InChI=1S/C23H28N2O6/c1-13(2)7-10-18(31-20(26)11-14(3)4)15-12-19(29-5)21-16(24-27)8-9-17(25-28)22(21)23(15)30-6/h7-9,11-12,18,27-28H,10H2,1-6H3/b24-16+,25-17+/t18-/m0/s1. The Morgan fingerprint density at radius 1 is 1.00 bits per heavy atom. The summed E-state index contributed by atoms with van der Waals surface area (Å²) in [5, 5.41) is 25.7. The summed E-state index contributed by atoms with van der Waals surface area (Å²) < 4.78 is 17.0. The molecule has 0 radical (unpaired) electrons. The Labute approximate surface area is 181 Å². The number of carbonyl (C=O) groups is 1. The number of benzene rings is 1. The van der Waals surface area contributed by atoms with Gasteiger partial charge < -0.3 is 24.6 Å². The van der Waals surface area contributed by atoms with E-state index < -0.39 is 12.1 Å². The van der Waals surface area contributed by atoms with Gasteiger partial charge >= 0.3 is 5.97 Å². The molecule has 166 valence electrons. The van der Waals surface area contributed by atoms with Gasteiger partial charge in [-0.1, -0.05) is 27.5 Å². The summed E-state index contributed by atoms with van der Waals surface area (Å²) in [6.45, 7) is 7.51. The Balaban J connectivity index is 2.79. The van der Waals surface area contributed by atoms with E-state index >= 15 is 0 Å². The van der Waals surface area contributed by atoms with Crippen LogP contribution in [0.3, 0.4) is 0 Å². The monoisotopic (exact) mass is 428 g/mol. The molecule has 0 aliphatic heterocycles. The van der Waals surface area contributed by atoms with Gasteiger partial charge in [0.05, 0.1) is 25.3 Å². The molecule has 1 aliphatic rings. The molecular formula is C23H28N2O6. The molecule has 31 heavy (non-hydrogen) atoms. The zero-order chi connectivity index (χ0) is 23.1. The van der Waals surface area contributed by atoms with E-state index in [0.717, 1.165) is 11.1 Å². The smallest absolute Gasteiger partial charge is 0.331 e. The van der Waals surface area contributed by atoms with Crippen molar-refractivity contribution in [2.75, 3.05) is 14.2 Å². The predicted molar refractivity (Wildman–Crippen MR) is 118 cm³/mol. The lowest BCUT2D eigenvalue weighted by atomic mass is 9.88. The molecule has 2 rings (SSSR count). The van der Waals surface area contributed by atoms with Gasteiger partial charge in [-0.25, -0.2) is 4.79 Å². The maximum absolute atomic E-state index is 12.4. The number of rotatable bonds is 7. The summed E-state index contributed by atoms with van der Waals surface area (Å²) in [7, 11) is 2.93. The molecular weight excluding hydrogens is 400 g/mol. The molecule has 0 bridgehead atoms. The number of nitrogens with zero attached hydrogens (tertiary/aromatic N) is 2. The minimum atomic E-state index is -0.701. The van der Waals surface area contributed by atoms with Gasteiger partial charge in [-0.2, -0.15) is 0 Å².